The highest BCUT2D eigenvalue weighted by molar-refractivity contribution is 9.10. The van der Waals surface area contributed by atoms with E-state index in [0.717, 1.165) is 4.47 Å². The number of carbonyl (C=O) groups is 3. The number of nitrogens with zero attached hydrogens (tertiary/aromatic N) is 1. The van der Waals surface area contributed by atoms with Crippen LogP contribution in [0.3, 0.4) is 0 Å². The number of hydrogen-bond donors (Lipinski definition) is 2. The molecule has 0 aliphatic carbocycles. The lowest BCUT2D eigenvalue weighted by Crippen LogP contribution is -2.18. The second kappa shape index (κ2) is 11.7. The maximum Gasteiger partial charge on any atom is 0.343 e. The highest BCUT2D eigenvalue weighted by Crippen LogP contribution is 2.23. The first-order valence-corrected chi connectivity index (χ1v) is 11.7. The quantitative estimate of drug-likeness (QED) is 0.136. The Balaban J connectivity index is 1.43. The van der Waals surface area contributed by atoms with Gasteiger partial charge in [-0.25, -0.2) is 10.2 Å². The van der Waals surface area contributed by atoms with Crippen molar-refractivity contribution in [2.75, 3.05) is 5.32 Å². The fourth-order valence-electron chi connectivity index (χ4n) is 3.20. The van der Waals surface area contributed by atoms with Crippen molar-refractivity contribution in [3.8, 4) is 5.75 Å². The van der Waals surface area contributed by atoms with Gasteiger partial charge in [0.2, 0.25) is 0 Å². The molecule has 0 radical (unpaired) electrons. The predicted molar refractivity (Wildman–Crippen MR) is 141 cm³/mol. The van der Waals surface area contributed by atoms with Crippen molar-refractivity contribution in [3.63, 3.8) is 0 Å². The van der Waals surface area contributed by atoms with E-state index in [1.807, 2.05) is 12.1 Å². The molecule has 7 nitrogen and oxygen atoms in total. The molecule has 36 heavy (non-hydrogen) atoms. The van der Waals surface area contributed by atoms with Gasteiger partial charge >= 0.3 is 5.97 Å². The summed E-state index contributed by atoms with van der Waals surface area (Å²) >= 11 is 3.39. The lowest BCUT2D eigenvalue weighted by molar-refractivity contribution is 0.0734. The minimum atomic E-state index is -0.508. The number of ether oxygens (including phenoxy) is 1. The monoisotopic (exact) mass is 541 g/mol. The largest absolute Gasteiger partial charge is 0.422 e. The third-order valence-electron chi connectivity index (χ3n) is 4.97. The fraction of sp³-hybridized carbons (Fsp3) is 0. The van der Waals surface area contributed by atoms with Crippen LogP contribution in [0.4, 0.5) is 5.69 Å². The molecule has 0 atom stereocenters. The van der Waals surface area contributed by atoms with E-state index in [1.54, 1.807) is 91.0 Å². The van der Waals surface area contributed by atoms with Crippen molar-refractivity contribution >= 4 is 45.6 Å². The van der Waals surface area contributed by atoms with E-state index in [0.29, 0.717) is 27.9 Å². The van der Waals surface area contributed by atoms with Crippen LogP contribution in [-0.4, -0.2) is 24.0 Å². The second-order valence-electron chi connectivity index (χ2n) is 7.54. The predicted octanol–water partition coefficient (Wildman–Crippen LogP) is 5.68. The van der Waals surface area contributed by atoms with Crippen molar-refractivity contribution in [1.29, 1.82) is 0 Å². The minimum Gasteiger partial charge on any atom is -0.422 e. The Bertz CT molecular complexity index is 1420. The summed E-state index contributed by atoms with van der Waals surface area (Å²) in [7, 11) is 0. The van der Waals surface area contributed by atoms with Crippen LogP contribution in [0.15, 0.2) is 113 Å². The fourth-order valence-corrected chi connectivity index (χ4v) is 3.58. The van der Waals surface area contributed by atoms with Gasteiger partial charge in [0.05, 0.1) is 11.8 Å². The number of hydrazone groups is 1. The number of anilines is 1. The Morgan fingerprint density at radius 3 is 2.11 bits per heavy atom. The Labute approximate surface area is 215 Å². The van der Waals surface area contributed by atoms with E-state index in [-0.39, 0.29) is 11.7 Å². The molecule has 4 aromatic rings. The van der Waals surface area contributed by atoms with Crippen molar-refractivity contribution in [2.24, 2.45) is 5.10 Å². The van der Waals surface area contributed by atoms with E-state index < -0.39 is 11.9 Å². The van der Waals surface area contributed by atoms with Crippen molar-refractivity contribution in [3.05, 3.63) is 130 Å². The zero-order chi connectivity index (χ0) is 25.3. The van der Waals surface area contributed by atoms with E-state index in [1.165, 1.54) is 6.21 Å². The van der Waals surface area contributed by atoms with Gasteiger partial charge < -0.3 is 10.1 Å². The topological polar surface area (TPSA) is 96.9 Å². The molecule has 0 saturated carbocycles. The van der Waals surface area contributed by atoms with Gasteiger partial charge in [-0.15, -0.1) is 0 Å². The molecular formula is C28H20BrN3O4. The zero-order valence-electron chi connectivity index (χ0n) is 18.9. The number of halogens is 1. The molecule has 8 heteroatoms. The molecule has 4 rings (SSSR count). The SMILES string of the molecule is O=C(NN=Cc1cc(Br)ccc1OC(=O)c1ccccc1)c1cccc(NC(=O)c2ccccc2)c1. The lowest BCUT2D eigenvalue weighted by atomic mass is 10.1. The third-order valence-corrected chi connectivity index (χ3v) is 5.47. The highest BCUT2D eigenvalue weighted by Gasteiger charge is 2.12. The molecule has 0 heterocycles. The number of amides is 2. The summed E-state index contributed by atoms with van der Waals surface area (Å²) in [6.45, 7) is 0. The Hall–Kier alpha value is -4.56. The van der Waals surface area contributed by atoms with Crippen LogP contribution in [0.5, 0.6) is 5.75 Å². The van der Waals surface area contributed by atoms with Crippen LogP contribution < -0.4 is 15.5 Å². The summed E-state index contributed by atoms with van der Waals surface area (Å²) < 4.78 is 6.26. The van der Waals surface area contributed by atoms with Gasteiger partial charge in [0.1, 0.15) is 5.75 Å². The number of hydrogen-bond acceptors (Lipinski definition) is 5. The smallest absolute Gasteiger partial charge is 0.343 e. The van der Waals surface area contributed by atoms with Crippen LogP contribution in [0.2, 0.25) is 0 Å². The van der Waals surface area contributed by atoms with E-state index >= 15 is 0 Å². The summed E-state index contributed by atoms with van der Waals surface area (Å²) in [5.74, 6) is -0.972. The second-order valence-corrected chi connectivity index (χ2v) is 8.45. The number of nitrogens with one attached hydrogen (secondary N) is 2. The number of esters is 1. The van der Waals surface area contributed by atoms with Crippen molar-refractivity contribution in [1.82, 2.24) is 5.43 Å². The van der Waals surface area contributed by atoms with Gasteiger partial charge in [-0.1, -0.05) is 58.4 Å². The maximum atomic E-state index is 12.6. The molecule has 0 fully saturated rings. The first kappa shape index (κ1) is 24.6. The first-order chi connectivity index (χ1) is 17.5. The number of benzene rings is 4. The Morgan fingerprint density at radius 1 is 0.722 bits per heavy atom. The van der Waals surface area contributed by atoms with Gasteiger partial charge in [-0.3, -0.25) is 9.59 Å². The lowest BCUT2D eigenvalue weighted by Gasteiger charge is -2.08. The van der Waals surface area contributed by atoms with Crippen LogP contribution >= 0.6 is 15.9 Å². The Morgan fingerprint density at radius 2 is 1.39 bits per heavy atom. The summed E-state index contributed by atoms with van der Waals surface area (Å²) in [4.78, 5) is 37.4. The molecule has 0 saturated heterocycles. The molecule has 0 aliphatic heterocycles. The van der Waals surface area contributed by atoms with Gasteiger partial charge in [0, 0.05) is 26.9 Å². The van der Waals surface area contributed by atoms with Gasteiger partial charge in [0.25, 0.3) is 11.8 Å². The van der Waals surface area contributed by atoms with Crippen LogP contribution in [0.1, 0.15) is 36.6 Å². The first-order valence-electron chi connectivity index (χ1n) is 10.9. The van der Waals surface area contributed by atoms with Gasteiger partial charge in [0.15, 0.2) is 0 Å². The molecular weight excluding hydrogens is 522 g/mol. The van der Waals surface area contributed by atoms with E-state index in [9.17, 15) is 14.4 Å². The summed E-state index contributed by atoms with van der Waals surface area (Å²) in [5.41, 5.74) is 4.64. The summed E-state index contributed by atoms with van der Waals surface area (Å²) in [6, 6.07) is 29.0. The number of carbonyl (C=O) groups excluding carboxylic acids is 3. The van der Waals surface area contributed by atoms with Crippen molar-refractivity contribution < 1.29 is 19.1 Å². The molecule has 0 unspecified atom stereocenters. The maximum absolute atomic E-state index is 12.6. The van der Waals surface area contributed by atoms with E-state index in [2.05, 4.69) is 31.8 Å². The molecule has 0 aromatic heterocycles. The number of rotatable bonds is 7. The Kier molecular flexibility index (Phi) is 8.00. The van der Waals surface area contributed by atoms with E-state index in [4.69, 9.17) is 4.74 Å². The molecule has 178 valence electrons. The van der Waals surface area contributed by atoms with Crippen molar-refractivity contribution in [2.45, 2.75) is 0 Å². The molecule has 2 amide bonds. The molecule has 0 bridgehead atoms. The summed E-state index contributed by atoms with van der Waals surface area (Å²) in [5, 5.41) is 6.78. The minimum absolute atomic E-state index is 0.279. The molecule has 0 spiro atoms. The van der Waals surface area contributed by atoms with Crippen LogP contribution in [0, 0.1) is 0 Å². The third kappa shape index (κ3) is 6.52. The molecule has 0 aliphatic rings. The van der Waals surface area contributed by atoms with Crippen LogP contribution in [-0.2, 0) is 0 Å². The van der Waals surface area contributed by atoms with Gasteiger partial charge in [-0.05, 0) is 60.7 Å². The van der Waals surface area contributed by atoms with Gasteiger partial charge in [-0.2, -0.15) is 5.10 Å². The normalized spacial score (nSPS) is 10.6. The average Bonchev–Trinajstić information content (AvgIpc) is 2.91. The average molecular weight is 542 g/mol. The zero-order valence-corrected chi connectivity index (χ0v) is 20.4. The summed E-state index contributed by atoms with van der Waals surface area (Å²) in [6.07, 6.45) is 1.39. The standard InChI is InChI=1S/C28H20BrN3O4/c29-23-14-15-25(36-28(35)20-10-5-2-6-11-20)22(16-23)18-30-32-27(34)21-12-7-13-24(17-21)31-26(33)19-8-3-1-4-9-19/h1-18H,(H,31,33)(H,32,34). The molecule has 4 aromatic carbocycles. The highest BCUT2D eigenvalue weighted by atomic mass is 79.9. The molecule has 2 N–H and O–H groups in total. The van der Waals surface area contributed by atoms with Crippen LogP contribution in [0.25, 0.3) is 0 Å².